The Balaban J connectivity index is 1.39. The fourth-order valence-corrected chi connectivity index (χ4v) is 4.34. The second kappa shape index (κ2) is 8.35. The zero-order chi connectivity index (χ0) is 21.2. The van der Waals surface area contributed by atoms with E-state index in [4.69, 9.17) is 0 Å². The summed E-state index contributed by atoms with van der Waals surface area (Å²) in [6, 6.07) is 14.3. The van der Waals surface area contributed by atoms with Gasteiger partial charge in [-0.15, -0.1) is 0 Å². The Kier molecular flexibility index (Phi) is 5.26. The number of rotatable bonds is 5. The number of nitrogens with one attached hydrogen (secondary N) is 1. The predicted molar refractivity (Wildman–Crippen MR) is 120 cm³/mol. The van der Waals surface area contributed by atoms with Crippen molar-refractivity contribution >= 4 is 16.9 Å². The second-order valence-electron chi connectivity index (χ2n) is 8.23. The number of amides is 1. The number of carbonyl (C=O) groups excluding carboxylic acids is 1. The van der Waals surface area contributed by atoms with Crippen LogP contribution in [0, 0.1) is 0 Å². The van der Waals surface area contributed by atoms with Gasteiger partial charge >= 0.3 is 0 Å². The highest BCUT2D eigenvalue weighted by Gasteiger charge is 2.22. The first kappa shape index (κ1) is 19.5. The number of carbonyl (C=O) groups is 1. The molecular formula is C24H26N6O. The molecule has 7 heteroatoms. The number of hydrogen-bond acceptors (Lipinski definition) is 4. The highest BCUT2D eigenvalue weighted by Crippen LogP contribution is 2.21. The fourth-order valence-electron chi connectivity index (χ4n) is 4.34. The van der Waals surface area contributed by atoms with Crippen LogP contribution in [0.2, 0.25) is 0 Å². The molecule has 0 aliphatic carbocycles. The van der Waals surface area contributed by atoms with Gasteiger partial charge in [0.15, 0.2) is 0 Å². The first-order valence-electron chi connectivity index (χ1n) is 10.7. The van der Waals surface area contributed by atoms with Gasteiger partial charge in [-0.2, -0.15) is 5.10 Å². The molecular weight excluding hydrogens is 388 g/mol. The minimum Gasteiger partial charge on any atom is -0.348 e. The molecule has 1 amide bonds. The minimum atomic E-state index is -0.0446. The van der Waals surface area contributed by atoms with Gasteiger partial charge in [0.25, 0.3) is 5.91 Å². The molecule has 5 rings (SSSR count). The van der Waals surface area contributed by atoms with Crippen molar-refractivity contribution in [1.82, 2.24) is 29.5 Å². The maximum Gasteiger partial charge on any atom is 0.255 e. The molecule has 1 N–H and O–H groups in total. The Morgan fingerprint density at radius 3 is 2.81 bits per heavy atom. The lowest BCUT2D eigenvalue weighted by molar-refractivity contribution is 0.0914. The average Bonchev–Trinajstić information content (AvgIpc) is 3.43. The van der Waals surface area contributed by atoms with E-state index in [1.54, 1.807) is 12.4 Å². The SMILES string of the molecule is CN1CCC[C@H](NC(=O)c2cn(Cc3ccc(-n4cccn4)cc3)c3cccnc23)C1. The van der Waals surface area contributed by atoms with Gasteiger partial charge in [0, 0.05) is 43.9 Å². The molecule has 0 unspecified atom stereocenters. The van der Waals surface area contributed by atoms with Gasteiger partial charge in [-0.1, -0.05) is 12.1 Å². The van der Waals surface area contributed by atoms with E-state index in [1.807, 2.05) is 35.3 Å². The summed E-state index contributed by atoms with van der Waals surface area (Å²) in [4.78, 5) is 19.9. The molecule has 0 spiro atoms. The molecule has 1 fully saturated rings. The quantitative estimate of drug-likeness (QED) is 0.545. The normalized spacial score (nSPS) is 17.1. The molecule has 1 aliphatic rings. The lowest BCUT2D eigenvalue weighted by Crippen LogP contribution is -2.46. The average molecular weight is 415 g/mol. The lowest BCUT2D eigenvalue weighted by atomic mass is 10.1. The van der Waals surface area contributed by atoms with Gasteiger partial charge in [-0.05, 0) is 62.3 Å². The van der Waals surface area contributed by atoms with Crippen LogP contribution in [0.4, 0.5) is 0 Å². The highest BCUT2D eigenvalue weighted by molar-refractivity contribution is 6.05. The van der Waals surface area contributed by atoms with Crippen LogP contribution in [0.1, 0.15) is 28.8 Å². The Hall–Kier alpha value is -3.45. The summed E-state index contributed by atoms with van der Waals surface area (Å²) in [5, 5.41) is 7.49. The largest absolute Gasteiger partial charge is 0.348 e. The molecule has 4 heterocycles. The second-order valence-corrected chi connectivity index (χ2v) is 8.23. The number of likely N-dealkylation sites (N-methyl/N-ethyl adjacent to an activating group) is 1. The summed E-state index contributed by atoms with van der Waals surface area (Å²) < 4.78 is 3.94. The van der Waals surface area contributed by atoms with Gasteiger partial charge < -0.3 is 14.8 Å². The topological polar surface area (TPSA) is 68.0 Å². The van der Waals surface area contributed by atoms with Gasteiger partial charge in [0.05, 0.1) is 16.8 Å². The van der Waals surface area contributed by atoms with Crippen molar-refractivity contribution in [3.63, 3.8) is 0 Å². The van der Waals surface area contributed by atoms with Gasteiger partial charge in [0.2, 0.25) is 0 Å². The van der Waals surface area contributed by atoms with Crippen LogP contribution < -0.4 is 5.32 Å². The van der Waals surface area contributed by atoms with E-state index in [0.29, 0.717) is 12.1 Å². The number of likely N-dealkylation sites (tertiary alicyclic amines) is 1. The van der Waals surface area contributed by atoms with Gasteiger partial charge in [-0.3, -0.25) is 9.78 Å². The first-order chi connectivity index (χ1) is 15.2. The maximum atomic E-state index is 13.1. The smallest absolute Gasteiger partial charge is 0.255 e. The Bertz CT molecular complexity index is 1180. The third kappa shape index (κ3) is 4.09. The van der Waals surface area contributed by atoms with Crippen LogP contribution in [-0.4, -0.2) is 56.3 Å². The maximum absolute atomic E-state index is 13.1. The van der Waals surface area contributed by atoms with Crippen LogP contribution in [0.15, 0.2) is 67.3 Å². The van der Waals surface area contributed by atoms with E-state index in [9.17, 15) is 4.79 Å². The summed E-state index contributed by atoms with van der Waals surface area (Å²) in [7, 11) is 2.10. The molecule has 7 nitrogen and oxygen atoms in total. The molecule has 0 saturated carbocycles. The van der Waals surface area contributed by atoms with E-state index in [0.717, 1.165) is 48.2 Å². The van der Waals surface area contributed by atoms with Crippen LogP contribution >= 0.6 is 0 Å². The van der Waals surface area contributed by atoms with E-state index >= 15 is 0 Å². The van der Waals surface area contributed by atoms with E-state index < -0.39 is 0 Å². The Morgan fingerprint density at radius 1 is 1.16 bits per heavy atom. The lowest BCUT2D eigenvalue weighted by Gasteiger charge is -2.30. The van der Waals surface area contributed by atoms with Crippen molar-refractivity contribution < 1.29 is 4.79 Å². The van der Waals surface area contributed by atoms with E-state index in [2.05, 4.69) is 56.2 Å². The van der Waals surface area contributed by atoms with Crippen LogP contribution in [0.3, 0.4) is 0 Å². The number of nitrogens with zero attached hydrogens (tertiary/aromatic N) is 5. The number of piperidine rings is 1. The van der Waals surface area contributed by atoms with Crippen molar-refractivity contribution in [3.8, 4) is 5.69 Å². The number of benzene rings is 1. The zero-order valence-electron chi connectivity index (χ0n) is 17.6. The predicted octanol–water partition coefficient (Wildman–Crippen LogP) is 3.09. The summed E-state index contributed by atoms with van der Waals surface area (Å²) in [5.41, 5.74) is 4.52. The van der Waals surface area contributed by atoms with Crippen molar-refractivity contribution in [2.45, 2.75) is 25.4 Å². The Morgan fingerprint density at radius 2 is 2.03 bits per heavy atom. The van der Waals surface area contributed by atoms with Gasteiger partial charge in [-0.25, -0.2) is 4.68 Å². The molecule has 1 atom stereocenters. The summed E-state index contributed by atoms with van der Waals surface area (Å²) in [6.45, 7) is 2.65. The summed E-state index contributed by atoms with van der Waals surface area (Å²) in [6.07, 6.45) is 9.50. The molecule has 1 aliphatic heterocycles. The standard InChI is InChI=1S/C24H26N6O/c1-28-13-3-5-19(16-28)27-24(31)21-17-29(22-6-2-11-25-23(21)22)15-18-7-9-20(10-8-18)30-14-4-12-26-30/h2,4,6-12,14,17,19H,3,5,13,15-16H2,1H3,(H,27,31)/t19-/m0/s1. The van der Waals surface area contributed by atoms with Crippen LogP contribution in [-0.2, 0) is 6.54 Å². The number of fused-ring (bicyclic) bond motifs is 1. The Labute approximate surface area is 181 Å². The molecule has 0 radical (unpaired) electrons. The molecule has 0 bridgehead atoms. The monoisotopic (exact) mass is 414 g/mol. The molecule has 158 valence electrons. The number of aromatic nitrogens is 4. The van der Waals surface area contributed by atoms with Crippen molar-refractivity contribution in [1.29, 1.82) is 0 Å². The summed E-state index contributed by atoms with van der Waals surface area (Å²) >= 11 is 0. The number of hydrogen-bond donors (Lipinski definition) is 1. The third-order valence-electron chi connectivity index (χ3n) is 5.90. The van der Waals surface area contributed by atoms with Crippen molar-refractivity contribution in [2.75, 3.05) is 20.1 Å². The van der Waals surface area contributed by atoms with Crippen molar-refractivity contribution in [3.05, 3.63) is 78.4 Å². The third-order valence-corrected chi connectivity index (χ3v) is 5.90. The minimum absolute atomic E-state index is 0.0446. The first-order valence-corrected chi connectivity index (χ1v) is 10.7. The highest BCUT2D eigenvalue weighted by atomic mass is 16.1. The van der Waals surface area contributed by atoms with Crippen LogP contribution in [0.5, 0.6) is 0 Å². The number of pyridine rings is 1. The molecule has 1 saturated heterocycles. The molecule has 4 aromatic rings. The van der Waals surface area contributed by atoms with Gasteiger partial charge in [0.1, 0.15) is 5.52 Å². The summed E-state index contributed by atoms with van der Waals surface area (Å²) in [5.74, 6) is -0.0446. The van der Waals surface area contributed by atoms with Crippen LogP contribution in [0.25, 0.3) is 16.7 Å². The zero-order valence-corrected chi connectivity index (χ0v) is 17.6. The van der Waals surface area contributed by atoms with E-state index in [1.165, 1.54) is 0 Å². The van der Waals surface area contributed by atoms with Crippen molar-refractivity contribution in [2.24, 2.45) is 0 Å². The fraction of sp³-hybridized carbons (Fsp3) is 0.292. The molecule has 31 heavy (non-hydrogen) atoms. The van der Waals surface area contributed by atoms with E-state index in [-0.39, 0.29) is 11.9 Å². The molecule has 1 aromatic carbocycles. The molecule has 3 aromatic heterocycles.